The first-order chi connectivity index (χ1) is 10.0. The van der Waals surface area contributed by atoms with E-state index in [0.29, 0.717) is 17.8 Å². The van der Waals surface area contributed by atoms with E-state index >= 15 is 0 Å². The Balaban J connectivity index is 2.37. The molecule has 0 fully saturated rings. The number of carbonyl (C=O) groups excluding carboxylic acids is 1. The number of primary amides is 1. The van der Waals surface area contributed by atoms with E-state index < -0.39 is 5.91 Å². The van der Waals surface area contributed by atoms with E-state index in [0.717, 1.165) is 23.6 Å². The molecule has 2 rings (SSSR count). The smallest absolute Gasteiger partial charge is 0.250 e. The van der Waals surface area contributed by atoms with Gasteiger partial charge in [0.05, 0.1) is 23.5 Å². The van der Waals surface area contributed by atoms with Crippen LogP contribution in [0.3, 0.4) is 0 Å². The number of benzene rings is 1. The minimum absolute atomic E-state index is 0.458. The molecule has 0 aliphatic heterocycles. The van der Waals surface area contributed by atoms with Crippen LogP contribution in [0.4, 0.5) is 11.4 Å². The fraction of sp³-hybridized carbons (Fsp3) is 0.250. The lowest BCUT2D eigenvalue weighted by Gasteiger charge is -2.25. The number of rotatable bonds is 5. The van der Waals surface area contributed by atoms with Gasteiger partial charge in [-0.2, -0.15) is 0 Å². The predicted molar refractivity (Wildman–Crippen MR) is 85.1 cm³/mol. The Hall–Kier alpha value is -2.56. The standard InChI is InChI=1S/C16H20N4O/c1-3-20(10-13-6-4-5-11(2)19-13)15-9-12(17)7-8-14(15)16(18)21/h4-9H,3,10,17H2,1-2H3,(H2,18,21). The topological polar surface area (TPSA) is 85.2 Å². The SMILES string of the molecule is CCN(Cc1cccc(C)n1)c1cc(N)ccc1C(N)=O. The molecule has 1 amide bonds. The molecular formula is C16H20N4O. The Morgan fingerprint density at radius 1 is 1.29 bits per heavy atom. The van der Waals surface area contributed by atoms with E-state index in [1.807, 2.05) is 36.9 Å². The summed E-state index contributed by atoms with van der Waals surface area (Å²) in [6.07, 6.45) is 0. The molecule has 0 saturated carbocycles. The summed E-state index contributed by atoms with van der Waals surface area (Å²) in [7, 11) is 0. The van der Waals surface area contributed by atoms with Gasteiger partial charge in [0, 0.05) is 17.9 Å². The third-order valence-electron chi connectivity index (χ3n) is 3.31. The second kappa shape index (κ2) is 6.26. The second-order valence-corrected chi connectivity index (χ2v) is 4.93. The van der Waals surface area contributed by atoms with Crippen molar-refractivity contribution < 1.29 is 4.79 Å². The van der Waals surface area contributed by atoms with Crippen molar-refractivity contribution in [3.63, 3.8) is 0 Å². The third kappa shape index (κ3) is 3.51. The molecule has 0 atom stereocenters. The van der Waals surface area contributed by atoms with Gasteiger partial charge >= 0.3 is 0 Å². The molecule has 1 aromatic heterocycles. The number of aromatic nitrogens is 1. The van der Waals surface area contributed by atoms with Crippen molar-refractivity contribution in [2.75, 3.05) is 17.2 Å². The average Bonchev–Trinajstić information content (AvgIpc) is 2.44. The lowest BCUT2D eigenvalue weighted by Crippen LogP contribution is -2.26. The highest BCUT2D eigenvalue weighted by molar-refractivity contribution is 5.99. The first-order valence-electron chi connectivity index (χ1n) is 6.88. The Kier molecular flexibility index (Phi) is 4.42. The van der Waals surface area contributed by atoms with Gasteiger partial charge in [-0.1, -0.05) is 6.07 Å². The first-order valence-corrected chi connectivity index (χ1v) is 6.88. The monoisotopic (exact) mass is 284 g/mol. The number of amides is 1. The van der Waals surface area contributed by atoms with Crippen molar-refractivity contribution in [1.82, 2.24) is 4.98 Å². The summed E-state index contributed by atoms with van der Waals surface area (Å²) < 4.78 is 0. The zero-order chi connectivity index (χ0) is 15.4. The van der Waals surface area contributed by atoms with Crippen molar-refractivity contribution in [2.45, 2.75) is 20.4 Å². The summed E-state index contributed by atoms with van der Waals surface area (Å²) >= 11 is 0. The molecule has 0 radical (unpaired) electrons. The zero-order valence-electron chi connectivity index (χ0n) is 12.3. The van der Waals surface area contributed by atoms with E-state index in [4.69, 9.17) is 11.5 Å². The van der Waals surface area contributed by atoms with Crippen molar-refractivity contribution >= 4 is 17.3 Å². The van der Waals surface area contributed by atoms with E-state index in [1.54, 1.807) is 18.2 Å². The van der Waals surface area contributed by atoms with Crippen LogP contribution in [-0.4, -0.2) is 17.4 Å². The highest BCUT2D eigenvalue weighted by atomic mass is 16.1. The maximum absolute atomic E-state index is 11.6. The average molecular weight is 284 g/mol. The van der Waals surface area contributed by atoms with Gasteiger partial charge in [-0.05, 0) is 44.2 Å². The summed E-state index contributed by atoms with van der Waals surface area (Å²) in [6, 6.07) is 11.0. The van der Waals surface area contributed by atoms with Crippen molar-refractivity contribution in [1.29, 1.82) is 0 Å². The summed E-state index contributed by atoms with van der Waals surface area (Å²) in [6.45, 7) is 5.29. The number of hydrogen-bond acceptors (Lipinski definition) is 4. The summed E-state index contributed by atoms with van der Waals surface area (Å²) in [5.74, 6) is -0.458. The number of pyridine rings is 1. The Morgan fingerprint density at radius 3 is 2.67 bits per heavy atom. The van der Waals surface area contributed by atoms with Gasteiger partial charge in [-0.25, -0.2) is 0 Å². The van der Waals surface area contributed by atoms with E-state index in [1.165, 1.54) is 0 Å². The fourth-order valence-corrected chi connectivity index (χ4v) is 2.27. The van der Waals surface area contributed by atoms with Gasteiger partial charge in [0.25, 0.3) is 5.91 Å². The Labute approximate surface area is 124 Å². The Bertz CT molecular complexity index is 654. The maximum Gasteiger partial charge on any atom is 0.250 e. The van der Waals surface area contributed by atoms with Gasteiger partial charge < -0.3 is 16.4 Å². The molecule has 0 aliphatic carbocycles. The van der Waals surface area contributed by atoms with Crippen molar-refractivity contribution in [2.24, 2.45) is 5.73 Å². The minimum atomic E-state index is -0.458. The molecule has 110 valence electrons. The number of nitrogen functional groups attached to an aromatic ring is 1. The number of nitrogens with zero attached hydrogens (tertiary/aromatic N) is 2. The molecule has 0 unspecified atom stereocenters. The highest BCUT2D eigenvalue weighted by Crippen LogP contribution is 2.24. The molecule has 21 heavy (non-hydrogen) atoms. The Morgan fingerprint density at radius 2 is 2.05 bits per heavy atom. The van der Waals surface area contributed by atoms with Crippen LogP contribution in [0.15, 0.2) is 36.4 Å². The molecule has 1 heterocycles. The van der Waals surface area contributed by atoms with Crippen molar-refractivity contribution in [3.05, 3.63) is 53.3 Å². The fourth-order valence-electron chi connectivity index (χ4n) is 2.27. The minimum Gasteiger partial charge on any atom is -0.399 e. The normalized spacial score (nSPS) is 10.4. The number of nitrogens with two attached hydrogens (primary N) is 2. The number of hydrogen-bond donors (Lipinski definition) is 2. The predicted octanol–water partition coefficient (Wildman–Crippen LogP) is 2.10. The second-order valence-electron chi connectivity index (χ2n) is 4.93. The van der Waals surface area contributed by atoms with Crippen LogP contribution in [-0.2, 0) is 6.54 Å². The number of carbonyl (C=O) groups is 1. The van der Waals surface area contributed by atoms with Crippen LogP contribution in [0.2, 0.25) is 0 Å². The quantitative estimate of drug-likeness (QED) is 0.823. The molecule has 0 bridgehead atoms. The largest absolute Gasteiger partial charge is 0.399 e. The number of aryl methyl sites for hydroxylation is 1. The zero-order valence-corrected chi connectivity index (χ0v) is 12.3. The van der Waals surface area contributed by atoms with Crippen LogP contribution < -0.4 is 16.4 Å². The van der Waals surface area contributed by atoms with Gasteiger partial charge in [-0.15, -0.1) is 0 Å². The van der Waals surface area contributed by atoms with Crippen LogP contribution in [0, 0.1) is 6.92 Å². The van der Waals surface area contributed by atoms with E-state index in [2.05, 4.69) is 4.98 Å². The number of anilines is 2. The summed E-state index contributed by atoms with van der Waals surface area (Å²) in [5, 5.41) is 0. The van der Waals surface area contributed by atoms with Gasteiger partial charge in [0.1, 0.15) is 0 Å². The molecule has 4 N–H and O–H groups in total. The highest BCUT2D eigenvalue weighted by Gasteiger charge is 2.15. The van der Waals surface area contributed by atoms with E-state index in [-0.39, 0.29) is 0 Å². The lowest BCUT2D eigenvalue weighted by atomic mass is 10.1. The molecule has 0 spiro atoms. The van der Waals surface area contributed by atoms with Crippen LogP contribution in [0.25, 0.3) is 0 Å². The van der Waals surface area contributed by atoms with Gasteiger partial charge in [0.15, 0.2) is 0 Å². The lowest BCUT2D eigenvalue weighted by molar-refractivity contribution is 0.100. The summed E-state index contributed by atoms with van der Waals surface area (Å²) in [5.41, 5.74) is 15.0. The van der Waals surface area contributed by atoms with Crippen LogP contribution in [0.5, 0.6) is 0 Å². The molecule has 2 aromatic rings. The molecule has 5 nitrogen and oxygen atoms in total. The third-order valence-corrected chi connectivity index (χ3v) is 3.31. The summed E-state index contributed by atoms with van der Waals surface area (Å²) in [4.78, 5) is 18.1. The molecular weight excluding hydrogens is 264 g/mol. The molecule has 5 heteroatoms. The van der Waals surface area contributed by atoms with Crippen LogP contribution in [0.1, 0.15) is 28.7 Å². The van der Waals surface area contributed by atoms with Crippen molar-refractivity contribution in [3.8, 4) is 0 Å². The first kappa shape index (κ1) is 14.8. The maximum atomic E-state index is 11.6. The molecule has 1 aromatic carbocycles. The van der Waals surface area contributed by atoms with E-state index in [9.17, 15) is 4.79 Å². The molecule has 0 aliphatic rings. The van der Waals surface area contributed by atoms with Crippen LogP contribution >= 0.6 is 0 Å². The molecule has 0 saturated heterocycles. The van der Waals surface area contributed by atoms with Gasteiger partial charge in [-0.3, -0.25) is 9.78 Å². The van der Waals surface area contributed by atoms with Gasteiger partial charge in [0.2, 0.25) is 0 Å².